The van der Waals surface area contributed by atoms with Crippen LogP contribution in [0.5, 0.6) is 0 Å². The predicted octanol–water partition coefficient (Wildman–Crippen LogP) is 3.45. The molecule has 1 aromatic heterocycles. The monoisotopic (exact) mass is 428 g/mol. The topological polar surface area (TPSA) is 77.4 Å². The van der Waals surface area contributed by atoms with E-state index < -0.39 is 12.1 Å². The molecule has 0 saturated carbocycles. The van der Waals surface area contributed by atoms with E-state index in [2.05, 4.69) is 5.32 Å². The number of carbonyl (C=O) groups is 2. The maximum Gasteiger partial charge on any atom is 0.326 e. The maximum atomic E-state index is 12.8. The Kier molecular flexibility index (Phi) is 6.31. The number of pyridine rings is 1. The maximum absolute atomic E-state index is 12.8. The van der Waals surface area contributed by atoms with E-state index in [1.807, 2.05) is 42.5 Å². The Morgan fingerprint density at radius 1 is 0.875 bits per heavy atom. The van der Waals surface area contributed by atoms with Crippen molar-refractivity contribution >= 4 is 33.7 Å². The molecule has 1 heterocycles. The standard InChI is InChI=1S/C26H24N2O4/c1-18(26(31)27-16-15-19-9-3-2-4-10-19)32-24(29)17-28-22-13-7-5-11-20(22)25(30)21-12-6-8-14-23(21)28/h2-14,18H,15-17H2,1H3,(H,27,31). The predicted molar refractivity (Wildman–Crippen MR) is 124 cm³/mol. The zero-order valence-corrected chi connectivity index (χ0v) is 17.8. The molecular formula is C26H24N2O4. The fourth-order valence-electron chi connectivity index (χ4n) is 3.78. The normalized spacial score (nSPS) is 11.9. The summed E-state index contributed by atoms with van der Waals surface area (Å²) in [6, 6.07) is 24.2. The van der Waals surface area contributed by atoms with Crippen LogP contribution in [-0.2, 0) is 27.3 Å². The summed E-state index contributed by atoms with van der Waals surface area (Å²) in [4.78, 5) is 37.9. The van der Waals surface area contributed by atoms with Gasteiger partial charge in [-0.2, -0.15) is 0 Å². The first-order valence-corrected chi connectivity index (χ1v) is 10.6. The number of fused-ring (bicyclic) bond motifs is 2. The third-order valence-electron chi connectivity index (χ3n) is 5.40. The fraction of sp³-hybridized carbons (Fsp3) is 0.192. The van der Waals surface area contributed by atoms with Crippen LogP contribution in [-0.4, -0.2) is 29.1 Å². The van der Waals surface area contributed by atoms with Crippen LogP contribution in [0.2, 0.25) is 0 Å². The second-order valence-electron chi connectivity index (χ2n) is 7.61. The molecule has 0 saturated heterocycles. The Bertz CT molecular complexity index is 1270. The lowest BCUT2D eigenvalue weighted by atomic mass is 10.1. The van der Waals surface area contributed by atoms with Crippen LogP contribution in [0.1, 0.15) is 12.5 Å². The summed E-state index contributed by atoms with van der Waals surface area (Å²) in [5, 5.41) is 3.87. The number of rotatable bonds is 7. The molecule has 6 heteroatoms. The van der Waals surface area contributed by atoms with Gasteiger partial charge in [-0.05, 0) is 43.2 Å². The van der Waals surface area contributed by atoms with Crippen molar-refractivity contribution < 1.29 is 14.3 Å². The van der Waals surface area contributed by atoms with Crippen molar-refractivity contribution in [1.82, 2.24) is 9.88 Å². The Morgan fingerprint density at radius 3 is 2.06 bits per heavy atom. The van der Waals surface area contributed by atoms with Gasteiger partial charge in [0.2, 0.25) is 0 Å². The number of benzene rings is 3. The first-order valence-electron chi connectivity index (χ1n) is 10.6. The highest BCUT2D eigenvalue weighted by atomic mass is 16.5. The fourth-order valence-corrected chi connectivity index (χ4v) is 3.78. The Balaban J connectivity index is 1.46. The number of esters is 1. The van der Waals surface area contributed by atoms with Crippen LogP contribution in [0.4, 0.5) is 0 Å². The molecule has 0 aliphatic rings. The summed E-state index contributed by atoms with van der Waals surface area (Å²) in [5.74, 6) is -0.890. The number of hydrogen-bond acceptors (Lipinski definition) is 4. The van der Waals surface area contributed by atoms with Gasteiger partial charge in [-0.1, -0.05) is 54.6 Å². The second-order valence-corrected chi connectivity index (χ2v) is 7.61. The van der Waals surface area contributed by atoms with E-state index in [0.29, 0.717) is 34.8 Å². The van der Waals surface area contributed by atoms with E-state index in [4.69, 9.17) is 4.74 Å². The minimum absolute atomic E-state index is 0.0769. The summed E-state index contributed by atoms with van der Waals surface area (Å²) in [6.45, 7) is 1.90. The Labute approximate surface area is 185 Å². The third kappa shape index (κ3) is 4.54. The third-order valence-corrected chi connectivity index (χ3v) is 5.40. The van der Waals surface area contributed by atoms with Gasteiger partial charge in [-0.3, -0.25) is 14.4 Å². The van der Waals surface area contributed by atoms with Crippen LogP contribution < -0.4 is 10.7 Å². The smallest absolute Gasteiger partial charge is 0.326 e. The second kappa shape index (κ2) is 9.47. The van der Waals surface area contributed by atoms with Gasteiger partial charge in [0.15, 0.2) is 11.5 Å². The van der Waals surface area contributed by atoms with Gasteiger partial charge in [0.25, 0.3) is 5.91 Å². The van der Waals surface area contributed by atoms with Crippen LogP contribution >= 0.6 is 0 Å². The van der Waals surface area contributed by atoms with Crippen molar-refractivity contribution in [3.8, 4) is 0 Å². The summed E-state index contributed by atoms with van der Waals surface area (Å²) in [6.07, 6.45) is -0.224. The zero-order chi connectivity index (χ0) is 22.5. The average Bonchev–Trinajstić information content (AvgIpc) is 2.82. The summed E-state index contributed by atoms with van der Waals surface area (Å²) >= 11 is 0. The molecule has 0 aliphatic heterocycles. The molecular weight excluding hydrogens is 404 g/mol. The summed E-state index contributed by atoms with van der Waals surface area (Å²) < 4.78 is 7.16. The van der Waals surface area contributed by atoms with Crippen molar-refractivity contribution in [1.29, 1.82) is 0 Å². The van der Waals surface area contributed by atoms with Gasteiger partial charge in [0, 0.05) is 17.3 Å². The van der Waals surface area contributed by atoms with E-state index in [1.54, 1.807) is 47.9 Å². The number of nitrogens with zero attached hydrogens (tertiary/aromatic N) is 1. The lowest BCUT2D eigenvalue weighted by Gasteiger charge is -2.17. The van der Waals surface area contributed by atoms with Gasteiger partial charge < -0.3 is 14.6 Å². The molecule has 6 nitrogen and oxygen atoms in total. The molecule has 0 aliphatic carbocycles. The highest BCUT2D eigenvalue weighted by Crippen LogP contribution is 2.19. The lowest BCUT2D eigenvalue weighted by molar-refractivity contribution is -0.155. The van der Waals surface area contributed by atoms with E-state index in [0.717, 1.165) is 5.56 Å². The van der Waals surface area contributed by atoms with E-state index in [-0.39, 0.29) is 17.9 Å². The zero-order valence-electron chi connectivity index (χ0n) is 17.8. The first kappa shape index (κ1) is 21.3. The molecule has 0 fully saturated rings. The molecule has 1 atom stereocenters. The van der Waals surface area contributed by atoms with Gasteiger partial charge in [-0.15, -0.1) is 0 Å². The molecule has 32 heavy (non-hydrogen) atoms. The van der Waals surface area contributed by atoms with Crippen molar-refractivity contribution in [2.45, 2.75) is 26.0 Å². The van der Waals surface area contributed by atoms with Crippen molar-refractivity contribution in [2.75, 3.05) is 6.54 Å². The number of ether oxygens (including phenoxy) is 1. The number of hydrogen-bond donors (Lipinski definition) is 1. The number of para-hydroxylation sites is 2. The number of aromatic nitrogens is 1. The molecule has 1 unspecified atom stereocenters. The van der Waals surface area contributed by atoms with Crippen LogP contribution in [0.15, 0.2) is 83.7 Å². The highest BCUT2D eigenvalue weighted by Gasteiger charge is 2.19. The first-order chi connectivity index (χ1) is 15.5. The largest absolute Gasteiger partial charge is 0.451 e. The number of amides is 1. The van der Waals surface area contributed by atoms with E-state index in [1.165, 1.54) is 0 Å². The average molecular weight is 428 g/mol. The SMILES string of the molecule is CC(OC(=O)Cn1c2ccccc2c(=O)c2ccccc21)C(=O)NCCc1ccccc1. The number of carbonyl (C=O) groups excluding carboxylic acids is 2. The van der Waals surface area contributed by atoms with Gasteiger partial charge in [-0.25, -0.2) is 0 Å². The van der Waals surface area contributed by atoms with E-state index in [9.17, 15) is 14.4 Å². The molecule has 0 radical (unpaired) electrons. The summed E-state index contributed by atoms with van der Waals surface area (Å²) in [7, 11) is 0. The quantitative estimate of drug-likeness (QED) is 0.361. The van der Waals surface area contributed by atoms with Gasteiger partial charge in [0.05, 0.1) is 11.0 Å². The number of nitrogens with one attached hydrogen (secondary N) is 1. The van der Waals surface area contributed by atoms with Gasteiger partial charge >= 0.3 is 5.97 Å². The van der Waals surface area contributed by atoms with Crippen LogP contribution in [0, 0.1) is 0 Å². The molecule has 0 spiro atoms. The molecule has 162 valence electrons. The summed E-state index contributed by atoms with van der Waals surface area (Å²) in [5.41, 5.74) is 2.34. The van der Waals surface area contributed by atoms with E-state index >= 15 is 0 Å². The molecule has 1 N–H and O–H groups in total. The molecule has 0 bridgehead atoms. The molecule has 4 rings (SSSR count). The van der Waals surface area contributed by atoms with Crippen LogP contribution in [0.3, 0.4) is 0 Å². The Morgan fingerprint density at radius 2 is 1.44 bits per heavy atom. The molecule has 4 aromatic rings. The van der Waals surface area contributed by atoms with Crippen molar-refractivity contribution in [3.63, 3.8) is 0 Å². The minimum atomic E-state index is -0.921. The van der Waals surface area contributed by atoms with Crippen molar-refractivity contribution in [3.05, 3.63) is 94.6 Å². The molecule has 1 amide bonds. The minimum Gasteiger partial charge on any atom is -0.451 e. The highest BCUT2D eigenvalue weighted by molar-refractivity contribution is 5.94. The van der Waals surface area contributed by atoms with Gasteiger partial charge in [0.1, 0.15) is 6.54 Å². The molecule has 3 aromatic carbocycles. The lowest BCUT2D eigenvalue weighted by Crippen LogP contribution is -2.37. The van der Waals surface area contributed by atoms with Crippen LogP contribution in [0.25, 0.3) is 21.8 Å². The Hall–Kier alpha value is -3.93. The van der Waals surface area contributed by atoms with Crippen molar-refractivity contribution in [2.24, 2.45) is 0 Å².